The molecule has 0 bridgehead atoms. The van der Waals surface area contributed by atoms with Gasteiger partial charge in [0.05, 0.1) is 17.0 Å². The molecule has 0 aliphatic heterocycles. The van der Waals surface area contributed by atoms with E-state index in [0.717, 1.165) is 0 Å². The van der Waals surface area contributed by atoms with E-state index in [0.29, 0.717) is 38.5 Å². The Morgan fingerprint density at radius 2 is 1.96 bits per heavy atom. The van der Waals surface area contributed by atoms with Crippen molar-refractivity contribution in [1.82, 2.24) is 19.6 Å². The van der Waals surface area contributed by atoms with Crippen molar-refractivity contribution in [3.05, 3.63) is 52.7 Å². The number of furan rings is 1. The Morgan fingerprint density at radius 1 is 1.09 bits per heavy atom. The van der Waals surface area contributed by atoms with Gasteiger partial charge in [-0.05, 0) is 30.3 Å². The maximum atomic E-state index is 6.23. The number of nitrogen functional groups attached to an aromatic ring is 1. The van der Waals surface area contributed by atoms with Crippen molar-refractivity contribution in [3.63, 3.8) is 0 Å². The molecular formula is C15H9Cl2N5O. The molecule has 3 aromatic heterocycles. The summed E-state index contributed by atoms with van der Waals surface area (Å²) in [5.74, 6) is 1.19. The Balaban J connectivity index is 1.89. The van der Waals surface area contributed by atoms with Gasteiger partial charge in [-0.3, -0.25) is 0 Å². The minimum absolute atomic E-state index is 0.203. The van der Waals surface area contributed by atoms with Crippen LogP contribution in [-0.4, -0.2) is 19.6 Å². The lowest BCUT2D eigenvalue weighted by Gasteiger charge is -2.06. The third-order valence-electron chi connectivity index (χ3n) is 3.30. The van der Waals surface area contributed by atoms with Crippen molar-refractivity contribution in [2.75, 3.05) is 5.73 Å². The smallest absolute Gasteiger partial charge is 0.223 e. The SMILES string of the molecule is Nc1nc(-c2ccc(Cl)cc2Cl)cc2nc(-c3ccco3)nn12. The highest BCUT2D eigenvalue weighted by Crippen LogP contribution is 2.30. The molecule has 0 unspecified atom stereocenters. The summed E-state index contributed by atoms with van der Waals surface area (Å²) in [5.41, 5.74) is 7.85. The molecule has 0 aliphatic carbocycles. The molecule has 6 nitrogen and oxygen atoms in total. The zero-order valence-corrected chi connectivity index (χ0v) is 13.1. The average molecular weight is 346 g/mol. The molecule has 8 heteroatoms. The summed E-state index contributed by atoms with van der Waals surface area (Å²) in [6, 6.07) is 10.5. The van der Waals surface area contributed by atoms with Crippen molar-refractivity contribution in [2.45, 2.75) is 0 Å². The fraction of sp³-hybridized carbons (Fsp3) is 0. The predicted molar refractivity (Wildman–Crippen MR) is 88.4 cm³/mol. The third-order valence-corrected chi connectivity index (χ3v) is 3.85. The number of anilines is 1. The molecule has 4 rings (SSSR count). The number of fused-ring (bicyclic) bond motifs is 1. The van der Waals surface area contributed by atoms with Crippen molar-refractivity contribution in [3.8, 4) is 22.8 Å². The second kappa shape index (κ2) is 5.26. The standard InChI is InChI=1S/C15H9Cl2N5O/c16-8-3-4-9(10(17)6-8)11-7-13-20-14(12-2-1-5-23-12)21-22(13)15(18)19-11/h1-7H,(H2,18,19). The van der Waals surface area contributed by atoms with Crippen LogP contribution in [0.4, 0.5) is 5.95 Å². The van der Waals surface area contributed by atoms with Crippen LogP contribution in [0.3, 0.4) is 0 Å². The summed E-state index contributed by atoms with van der Waals surface area (Å²) in [4.78, 5) is 8.76. The fourth-order valence-corrected chi connectivity index (χ4v) is 2.76. The first kappa shape index (κ1) is 14.0. The lowest BCUT2D eigenvalue weighted by atomic mass is 10.1. The number of benzene rings is 1. The molecule has 0 saturated heterocycles. The van der Waals surface area contributed by atoms with E-state index >= 15 is 0 Å². The van der Waals surface area contributed by atoms with Crippen LogP contribution in [-0.2, 0) is 0 Å². The first-order valence-corrected chi connectivity index (χ1v) is 7.40. The van der Waals surface area contributed by atoms with Crippen LogP contribution in [0.15, 0.2) is 47.1 Å². The van der Waals surface area contributed by atoms with Crippen LogP contribution >= 0.6 is 23.2 Å². The minimum atomic E-state index is 0.203. The Hall–Kier alpha value is -2.57. The van der Waals surface area contributed by atoms with E-state index < -0.39 is 0 Å². The van der Waals surface area contributed by atoms with Gasteiger partial charge in [-0.25, -0.2) is 9.97 Å². The van der Waals surface area contributed by atoms with Crippen LogP contribution in [0, 0.1) is 0 Å². The summed E-state index contributed by atoms with van der Waals surface area (Å²) in [6.07, 6.45) is 1.56. The molecule has 1 aromatic carbocycles. The second-order valence-electron chi connectivity index (χ2n) is 4.81. The first-order valence-electron chi connectivity index (χ1n) is 6.64. The van der Waals surface area contributed by atoms with Gasteiger partial charge in [0, 0.05) is 16.7 Å². The number of hydrogen-bond donors (Lipinski definition) is 1. The Bertz CT molecular complexity index is 1010. The first-order chi connectivity index (χ1) is 11.1. The molecule has 4 aromatic rings. The van der Waals surface area contributed by atoms with E-state index in [4.69, 9.17) is 33.4 Å². The largest absolute Gasteiger partial charge is 0.461 e. The predicted octanol–water partition coefficient (Wildman–Crippen LogP) is 3.94. The molecule has 0 saturated carbocycles. The van der Waals surface area contributed by atoms with Gasteiger partial charge < -0.3 is 10.2 Å². The van der Waals surface area contributed by atoms with Crippen LogP contribution in [0.25, 0.3) is 28.5 Å². The third kappa shape index (κ3) is 2.42. The van der Waals surface area contributed by atoms with Crippen LogP contribution in [0.5, 0.6) is 0 Å². The van der Waals surface area contributed by atoms with Gasteiger partial charge in [0.1, 0.15) is 0 Å². The lowest BCUT2D eigenvalue weighted by Crippen LogP contribution is -2.03. The average Bonchev–Trinajstić information content (AvgIpc) is 3.16. The van der Waals surface area contributed by atoms with E-state index in [1.54, 1.807) is 42.7 Å². The normalized spacial score (nSPS) is 11.2. The molecule has 0 radical (unpaired) electrons. The summed E-state index contributed by atoms with van der Waals surface area (Å²) < 4.78 is 6.75. The number of aromatic nitrogens is 4. The highest BCUT2D eigenvalue weighted by molar-refractivity contribution is 6.36. The van der Waals surface area contributed by atoms with Gasteiger partial charge in [0.2, 0.25) is 11.8 Å². The Labute approximate surface area is 140 Å². The van der Waals surface area contributed by atoms with Crippen molar-refractivity contribution in [1.29, 1.82) is 0 Å². The maximum absolute atomic E-state index is 6.23. The summed E-state index contributed by atoms with van der Waals surface area (Å²) in [6.45, 7) is 0. The lowest BCUT2D eigenvalue weighted by molar-refractivity contribution is 0.577. The molecular weight excluding hydrogens is 337 g/mol. The second-order valence-corrected chi connectivity index (χ2v) is 5.65. The zero-order valence-electron chi connectivity index (χ0n) is 11.6. The summed E-state index contributed by atoms with van der Waals surface area (Å²) in [7, 11) is 0. The summed E-state index contributed by atoms with van der Waals surface area (Å²) >= 11 is 12.2. The topological polar surface area (TPSA) is 82.2 Å². The molecule has 0 aliphatic rings. The van der Waals surface area contributed by atoms with Crippen LogP contribution in [0.2, 0.25) is 10.0 Å². The Kier molecular flexibility index (Phi) is 3.21. The number of nitrogens with two attached hydrogens (primary N) is 1. The quantitative estimate of drug-likeness (QED) is 0.594. The summed E-state index contributed by atoms with van der Waals surface area (Å²) in [5, 5.41) is 5.33. The van der Waals surface area contributed by atoms with Crippen molar-refractivity contribution < 1.29 is 4.42 Å². The number of rotatable bonds is 2. The fourth-order valence-electron chi connectivity index (χ4n) is 2.26. The molecule has 23 heavy (non-hydrogen) atoms. The van der Waals surface area contributed by atoms with Gasteiger partial charge in [0.15, 0.2) is 11.4 Å². The van der Waals surface area contributed by atoms with Gasteiger partial charge in [-0.15, -0.1) is 5.10 Å². The highest BCUT2D eigenvalue weighted by Gasteiger charge is 2.14. The van der Waals surface area contributed by atoms with E-state index in [-0.39, 0.29) is 5.95 Å². The zero-order chi connectivity index (χ0) is 16.0. The maximum Gasteiger partial charge on any atom is 0.223 e. The van der Waals surface area contributed by atoms with Gasteiger partial charge in [-0.1, -0.05) is 23.2 Å². The van der Waals surface area contributed by atoms with E-state index in [2.05, 4.69) is 15.1 Å². The van der Waals surface area contributed by atoms with Gasteiger partial charge in [-0.2, -0.15) is 4.52 Å². The van der Waals surface area contributed by atoms with E-state index in [1.165, 1.54) is 4.52 Å². The number of halogens is 2. The van der Waals surface area contributed by atoms with Crippen molar-refractivity contribution in [2.24, 2.45) is 0 Å². The van der Waals surface area contributed by atoms with E-state index in [9.17, 15) is 0 Å². The minimum Gasteiger partial charge on any atom is -0.461 e. The van der Waals surface area contributed by atoms with E-state index in [1.807, 2.05) is 0 Å². The van der Waals surface area contributed by atoms with Gasteiger partial charge >= 0.3 is 0 Å². The monoisotopic (exact) mass is 345 g/mol. The molecule has 2 N–H and O–H groups in total. The number of nitrogens with zero attached hydrogens (tertiary/aromatic N) is 4. The molecule has 114 valence electrons. The van der Waals surface area contributed by atoms with Crippen molar-refractivity contribution >= 4 is 34.8 Å². The number of hydrogen-bond acceptors (Lipinski definition) is 5. The van der Waals surface area contributed by atoms with Gasteiger partial charge in [0.25, 0.3) is 0 Å². The Morgan fingerprint density at radius 3 is 2.70 bits per heavy atom. The molecule has 0 amide bonds. The van der Waals surface area contributed by atoms with Crippen LogP contribution < -0.4 is 5.73 Å². The van der Waals surface area contributed by atoms with Crippen LogP contribution in [0.1, 0.15) is 0 Å². The molecule has 0 spiro atoms. The molecule has 0 fully saturated rings. The molecule has 3 heterocycles. The highest BCUT2D eigenvalue weighted by atomic mass is 35.5. The molecule has 0 atom stereocenters.